The van der Waals surface area contributed by atoms with Gasteiger partial charge in [-0.1, -0.05) is 48.5 Å². The number of amides is 2. The van der Waals surface area contributed by atoms with Gasteiger partial charge in [0.15, 0.2) is 0 Å². The first-order chi connectivity index (χ1) is 15.9. The summed E-state index contributed by atoms with van der Waals surface area (Å²) in [5, 5.41) is 19.8. The second-order valence-electron chi connectivity index (χ2n) is 8.63. The number of rotatable bonds is 3. The first-order valence-electron chi connectivity index (χ1n) is 10.5. The van der Waals surface area contributed by atoms with E-state index in [0.29, 0.717) is 11.1 Å². The summed E-state index contributed by atoms with van der Waals surface area (Å²) in [5.41, 5.74) is 1.18. The van der Waals surface area contributed by atoms with Crippen LogP contribution in [-0.2, 0) is 19.8 Å². The summed E-state index contributed by atoms with van der Waals surface area (Å²) in [6.45, 7) is 0. The Hall–Kier alpha value is -4.26. The summed E-state index contributed by atoms with van der Waals surface area (Å²) in [6, 6.07) is 19.8. The van der Waals surface area contributed by atoms with E-state index in [1.807, 2.05) is 24.3 Å². The lowest BCUT2D eigenvalue weighted by Gasteiger charge is -2.51. The third kappa shape index (κ3) is 2.18. The summed E-state index contributed by atoms with van der Waals surface area (Å²) in [7, 11) is 0. The number of hydrogen-bond donors (Lipinski definition) is 2. The molecule has 0 unspecified atom stereocenters. The van der Waals surface area contributed by atoms with Crippen molar-refractivity contribution in [1.82, 2.24) is 0 Å². The Morgan fingerprint density at radius 3 is 1.82 bits per heavy atom. The van der Waals surface area contributed by atoms with Crippen LogP contribution in [0.15, 0.2) is 72.8 Å². The number of carbonyl (C=O) groups is 4. The van der Waals surface area contributed by atoms with Crippen LogP contribution in [0.4, 0.5) is 5.69 Å². The Labute approximate surface area is 187 Å². The van der Waals surface area contributed by atoms with Crippen LogP contribution in [0.1, 0.15) is 38.5 Å². The minimum atomic E-state index is -1.69. The molecule has 0 aromatic heterocycles. The van der Waals surface area contributed by atoms with E-state index < -0.39 is 46.9 Å². The van der Waals surface area contributed by atoms with Gasteiger partial charge in [0.25, 0.3) is 0 Å². The minimum absolute atomic E-state index is 0.0251. The quantitative estimate of drug-likeness (QED) is 0.607. The molecule has 2 N–H and O–H groups in total. The number of carboxylic acids is 2. The predicted molar refractivity (Wildman–Crippen MR) is 116 cm³/mol. The molecule has 1 aliphatic heterocycles. The summed E-state index contributed by atoms with van der Waals surface area (Å²) >= 11 is 0. The van der Waals surface area contributed by atoms with Gasteiger partial charge in [-0.15, -0.1) is 0 Å². The summed E-state index contributed by atoms with van der Waals surface area (Å²) in [6.07, 6.45) is 0. The molecule has 2 amide bonds. The standard InChI is InChI=1S/C26H17NO6/c28-22-20-19-15-5-1-3-7-17(15)26(25(32)33,18-8-4-2-6-16(18)19)21(20)23(29)27(22)14-11-9-13(10-12-14)24(30)31/h1-12,19-21H,(H,30,31)(H,32,33)/t19?,20-,21+,26?/m1/s1. The Morgan fingerprint density at radius 2 is 1.30 bits per heavy atom. The average Bonchev–Trinajstić information content (AvgIpc) is 3.09. The first kappa shape index (κ1) is 19.4. The molecule has 2 bridgehead atoms. The van der Waals surface area contributed by atoms with E-state index in [1.165, 1.54) is 24.3 Å². The van der Waals surface area contributed by atoms with Gasteiger partial charge < -0.3 is 10.2 Å². The van der Waals surface area contributed by atoms with E-state index in [0.717, 1.165) is 16.0 Å². The van der Waals surface area contributed by atoms with Crippen molar-refractivity contribution in [2.45, 2.75) is 11.3 Å². The fourth-order valence-corrected chi connectivity index (χ4v) is 6.14. The Morgan fingerprint density at radius 1 is 0.758 bits per heavy atom. The molecule has 0 spiro atoms. The zero-order valence-electron chi connectivity index (χ0n) is 17.1. The van der Waals surface area contributed by atoms with E-state index in [2.05, 4.69) is 0 Å². The van der Waals surface area contributed by atoms with Crippen LogP contribution in [-0.4, -0.2) is 34.0 Å². The highest BCUT2D eigenvalue weighted by atomic mass is 16.4. The molecule has 7 nitrogen and oxygen atoms in total. The normalized spacial score (nSPS) is 26.5. The van der Waals surface area contributed by atoms with E-state index in [4.69, 9.17) is 0 Å². The maximum atomic E-state index is 13.8. The van der Waals surface area contributed by atoms with Gasteiger partial charge in [0.1, 0.15) is 5.41 Å². The summed E-state index contributed by atoms with van der Waals surface area (Å²) < 4.78 is 0. The fraction of sp³-hybridized carbons (Fsp3) is 0.154. The molecule has 4 aliphatic rings. The lowest BCUT2D eigenvalue weighted by molar-refractivity contribution is -0.149. The van der Waals surface area contributed by atoms with Crippen molar-refractivity contribution in [3.05, 3.63) is 101 Å². The number of aromatic carboxylic acids is 1. The molecule has 162 valence electrons. The zero-order valence-corrected chi connectivity index (χ0v) is 17.1. The van der Waals surface area contributed by atoms with Crippen LogP contribution in [0.5, 0.6) is 0 Å². The highest BCUT2D eigenvalue weighted by molar-refractivity contribution is 6.25. The molecular weight excluding hydrogens is 422 g/mol. The lowest BCUT2D eigenvalue weighted by Crippen LogP contribution is -2.57. The summed E-state index contributed by atoms with van der Waals surface area (Å²) in [4.78, 5) is 52.9. The van der Waals surface area contributed by atoms with Crippen molar-refractivity contribution >= 4 is 29.4 Å². The van der Waals surface area contributed by atoms with Gasteiger partial charge in [-0.3, -0.25) is 14.4 Å². The molecule has 1 fully saturated rings. The van der Waals surface area contributed by atoms with Crippen LogP contribution >= 0.6 is 0 Å². The molecule has 1 saturated heterocycles. The third-order valence-corrected chi connectivity index (χ3v) is 7.33. The highest BCUT2D eigenvalue weighted by Gasteiger charge is 2.71. The number of hydrogen-bond acceptors (Lipinski definition) is 4. The molecule has 33 heavy (non-hydrogen) atoms. The van der Waals surface area contributed by atoms with Crippen molar-refractivity contribution < 1.29 is 29.4 Å². The van der Waals surface area contributed by atoms with Crippen molar-refractivity contribution in [3.8, 4) is 0 Å². The van der Waals surface area contributed by atoms with Crippen molar-refractivity contribution in [3.63, 3.8) is 0 Å². The van der Waals surface area contributed by atoms with Crippen LogP contribution in [0.25, 0.3) is 0 Å². The number of carbonyl (C=O) groups excluding carboxylic acids is 2. The molecule has 3 aromatic rings. The SMILES string of the molecule is O=C(O)c1ccc(N2C(=O)[C@@H]3C4c5ccccc5C(C(=O)O)(c5ccccc54)[C@@H]3C2=O)cc1. The average molecular weight is 439 g/mol. The molecule has 0 radical (unpaired) electrons. The van der Waals surface area contributed by atoms with Crippen LogP contribution < -0.4 is 4.90 Å². The molecule has 3 aromatic carbocycles. The van der Waals surface area contributed by atoms with Crippen molar-refractivity contribution in [2.75, 3.05) is 4.90 Å². The number of benzene rings is 3. The number of aliphatic carboxylic acids is 1. The number of nitrogens with zero attached hydrogens (tertiary/aromatic N) is 1. The second-order valence-corrected chi connectivity index (χ2v) is 8.63. The minimum Gasteiger partial charge on any atom is -0.480 e. The number of carboxylic acid groups (broad SMARTS) is 2. The second kappa shape index (κ2) is 6.38. The van der Waals surface area contributed by atoms with Gasteiger partial charge in [-0.2, -0.15) is 0 Å². The largest absolute Gasteiger partial charge is 0.480 e. The van der Waals surface area contributed by atoms with Crippen molar-refractivity contribution in [1.29, 1.82) is 0 Å². The Balaban J connectivity index is 1.61. The molecule has 7 heteroatoms. The molecule has 1 heterocycles. The first-order valence-corrected chi connectivity index (χ1v) is 10.5. The van der Waals surface area contributed by atoms with E-state index in [1.54, 1.807) is 24.3 Å². The molecule has 3 aliphatic carbocycles. The van der Waals surface area contributed by atoms with Gasteiger partial charge >= 0.3 is 11.9 Å². The van der Waals surface area contributed by atoms with Gasteiger partial charge in [0, 0.05) is 5.92 Å². The van der Waals surface area contributed by atoms with Gasteiger partial charge in [-0.25, -0.2) is 9.69 Å². The predicted octanol–water partition coefficient (Wildman–Crippen LogP) is 3.02. The van der Waals surface area contributed by atoms with E-state index in [9.17, 15) is 29.4 Å². The van der Waals surface area contributed by atoms with Crippen LogP contribution in [0.2, 0.25) is 0 Å². The van der Waals surface area contributed by atoms with E-state index in [-0.39, 0.29) is 11.3 Å². The molecule has 7 rings (SSSR count). The summed E-state index contributed by atoms with van der Waals surface area (Å²) in [5.74, 6) is -5.74. The maximum absolute atomic E-state index is 13.8. The topological polar surface area (TPSA) is 112 Å². The van der Waals surface area contributed by atoms with E-state index >= 15 is 0 Å². The molecular formula is C26H17NO6. The monoisotopic (exact) mass is 439 g/mol. The maximum Gasteiger partial charge on any atom is 0.335 e. The number of anilines is 1. The lowest BCUT2D eigenvalue weighted by atomic mass is 9.47. The van der Waals surface area contributed by atoms with Crippen LogP contribution in [0, 0.1) is 11.8 Å². The Kier molecular flexibility index (Phi) is 3.76. The Bertz CT molecular complexity index is 1340. The highest BCUT2D eigenvalue weighted by Crippen LogP contribution is 2.64. The third-order valence-electron chi connectivity index (χ3n) is 7.33. The van der Waals surface area contributed by atoms with Crippen LogP contribution in [0.3, 0.4) is 0 Å². The smallest absolute Gasteiger partial charge is 0.335 e. The molecule has 0 saturated carbocycles. The van der Waals surface area contributed by atoms with Crippen molar-refractivity contribution in [2.24, 2.45) is 11.8 Å². The fourth-order valence-electron chi connectivity index (χ4n) is 6.14. The molecule has 2 atom stereocenters. The van der Waals surface area contributed by atoms with Gasteiger partial charge in [0.05, 0.1) is 23.1 Å². The number of imide groups is 1. The van der Waals surface area contributed by atoms with Gasteiger partial charge in [0.2, 0.25) is 11.8 Å². The zero-order chi connectivity index (χ0) is 23.1. The van der Waals surface area contributed by atoms with Gasteiger partial charge in [-0.05, 0) is 46.5 Å².